The first kappa shape index (κ1) is 15.2. The summed E-state index contributed by atoms with van der Waals surface area (Å²) < 4.78 is 4.56. The number of anilines is 1. The van der Waals surface area contributed by atoms with Gasteiger partial charge in [-0.05, 0) is 18.2 Å². The zero-order chi connectivity index (χ0) is 15.8. The molecule has 0 saturated carbocycles. The van der Waals surface area contributed by atoms with Crippen molar-refractivity contribution >= 4 is 11.7 Å². The first-order chi connectivity index (χ1) is 10.1. The highest BCUT2D eigenvalue weighted by atomic mass is 16.5. The van der Waals surface area contributed by atoms with Crippen molar-refractivity contribution < 1.29 is 9.53 Å². The molecule has 1 aromatic carbocycles. The van der Waals surface area contributed by atoms with Crippen LogP contribution in [0.5, 0.6) is 0 Å². The molecule has 1 rings (SSSR count). The maximum absolute atomic E-state index is 11.6. The number of methoxy groups -OCH3 is 1. The highest BCUT2D eigenvalue weighted by molar-refractivity contribution is 5.93. The lowest BCUT2D eigenvalue weighted by Crippen LogP contribution is -2.06. The zero-order valence-electron chi connectivity index (χ0n) is 10.8. The number of allylic oxidation sites excluding steroid dienone is 2. The molecule has 7 nitrogen and oxygen atoms in total. The fourth-order valence-electron chi connectivity index (χ4n) is 1.43. The van der Waals surface area contributed by atoms with Crippen molar-refractivity contribution in [2.75, 3.05) is 12.4 Å². The number of hydrogen-bond donors (Lipinski definition) is 1. The van der Waals surface area contributed by atoms with Gasteiger partial charge in [-0.3, -0.25) is 0 Å². The van der Waals surface area contributed by atoms with Crippen LogP contribution in [0, 0.1) is 45.3 Å². The highest BCUT2D eigenvalue weighted by Gasteiger charge is 2.14. The lowest BCUT2D eigenvalue weighted by atomic mass is 10.1. The molecule has 0 amide bonds. The fourth-order valence-corrected chi connectivity index (χ4v) is 1.43. The van der Waals surface area contributed by atoms with Gasteiger partial charge in [0.2, 0.25) is 0 Å². The molecule has 100 valence electrons. The minimum atomic E-state index is -0.710. The van der Waals surface area contributed by atoms with Gasteiger partial charge in [0.15, 0.2) is 5.57 Å². The van der Waals surface area contributed by atoms with Gasteiger partial charge in [0.25, 0.3) is 0 Å². The maximum Gasteiger partial charge on any atom is 0.339 e. The van der Waals surface area contributed by atoms with Gasteiger partial charge in [-0.15, -0.1) is 0 Å². The number of ether oxygens (including phenoxy) is 1. The average Bonchev–Trinajstić information content (AvgIpc) is 2.53. The van der Waals surface area contributed by atoms with Gasteiger partial charge in [-0.1, -0.05) is 0 Å². The third-order valence-corrected chi connectivity index (χ3v) is 2.40. The second kappa shape index (κ2) is 6.95. The molecule has 0 radical (unpaired) electrons. The van der Waals surface area contributed by atoms with Gasteiger partial charge in [0, 0.05) is 5.69 Å². The van der Waals surface area contributed by atoms with Crippen molar-refractivity contribution in [1.29, 1.82) is 21.0 Å². The molecule has 0 fully saturated rings. The first-order valence-corrected chi connectivity index (χ1v) is 5.45. The van der Waals surface area contributed by atoms with Crippen LogP contribution >= 0.6 is 0 Å². The van der Waals surface area contributed by atoms with Gasteiger partial charge in [-0.2, -0.15) is 21.0 Å². The molecular weight excluding hydrogens is 270 g/mol. The maximum atomic E-state index is 11.6. The summed E-state index contributed by atoms with van der Waals surface area (Å²) >= 11 is 0. The van der Waals surface area contributed by atoms with Crippen LogP contribution in [-0.4, -0.2) is 13.1 Å². The molecule has 21 heavy (non-hydrogen) atoms. The van der Waals surface area contributed by atoms with Crippen LogP contribution in [0.1, 0.15) is 15.9 Å². The molecular formula is C14H7N5O2. The molecule has 0 aliphatic carbocycles. The second-order valence-electron chi connectivity index (χ2n) is 3.57. The van der Waals surface area contributed by atoms with Gasteiger partial charge in [-0.25, -0.2) is 4.79 Å². The van der Waals surface area contributed by atoms with Crippen LogP contribution in [0.4, 0.5) is 5.69 Å². The number of nitriles is 4. The summed E-state index contributed by atoms with van der Waals surface area (Å²) in [6, 6.07) is 10.8. The van der Waals surface area contributed by atoms with Gasteiger partial charge >= 0.3 is 5.97 Å². The number of carbonyl (C=O) groups excluding carboxylic acids is 1. The number of carbonyl (C=O) groups is 1. The van der Waals surface area contributed by atoms with Gasteiger partial charge < -0.3 is 10.1 Å². The second-order valence-corrected chi connectivity index (χ2v) is 3.57. The number of hydrogen-bond acceptors (Lipinski definition) is 7. The van der Waals surface area contributed by atoms with Crippen LogP contribution in [0.2, 0.25) is 0 Å². The summed E-state index contributed by atoms with van der Waals surface area (Å²) in [5.74, 6) is -0.710. The summed E-state index contributed by atoms with van der Waals surface area (Å²) in [4.78, 5) is 11.6. The molecule has 0 heterocycles. The fraction of sp³-hybridized carbons (Fsp3) is 0.0714. The Labute approximate surface area is 120 Å². The van der Waals surface area contributed by atoms with Crippen molar-refractivity contribution in [3.8, 4) is 24.3 Å². The lowest BCUT2D eigenvalue weighted by Gasteiger charge is -2.07. The van der Waals surface area contributed by atoms with E-state index in [1.54, 1.807) is 18.2 Å². The van der Waals surface area contributed by atoms with E-state index in [9.17, 15) is 4.79 Å². The van der Waals surface area contributed by atoms with E-state index in [1.165, 1.54) is 25.3 Å². The summed E-state index contributed by atoms with van der Waals surface area (Å²) in [5, 5.41) is 37.9. The Hall–Kier alpha value is -3.81. The number of benzene rings is 1. The Morgan fingerprint density at radius 2 is 1.81 bits per heavy atom. The van der Waals surface area contributed by atoms with E-state index in [-0.39, 0.29) is 28.1 Å². The third kappa shape index (κ3) is 3.35. The van der Waals surface area contributed by atoms with E-state index < -0.39 is 5.97 Å². The molecule has 1 aromatic rings. The smallest absolute Gasteiger partial charge is 0.339 e. The molecule has 7 heteroatoms. The van der Waals surface area contributed by atoms with E-state index in [1.807, 2.05) is 6.07 Å². The summed E-state index contributed by atoms with van der Waals surface area (Å²) in [5.41, 5.74) is -0.246. The molecule has 0 spiro atoms. The molecule has 0 unspecified atom stereocenters. The Kier molecular flexibility index (Phi) is 5.04. The quantitative estimate of drug-likeness (QED) is 0.654. The van der Waals surface area contributed by atoms with E-state index in [0.717, 1.165) is 0 Å². The van der Waals surface area contributed by atoms with Crippen molar-refractivity contribution in [2.24, 2.45) is 0 Å². The Morgan fingerprint density at radius 1 is 1.14 bits per heavy atom. The van der Waals surface area contributed by atoms with Crippen molar-refractivity contribution in [3.05, 3.63) is 40.6 Å². The Balaban J connectivity index is 3.31. The molecule has 0 saturated heterocycles. The van der Waals surface area contributed by atoms with Crippen LogP contribution in [0.15, 0.2) is 29.5 Å². The minimum absolute atomic E-state index is 0.0118. The summed E-state index contributed by atoms with van der Waals surface area (Å²) in [7, 11) is 1.17. The third-order valence-electron chi connectivity index (χ3n) is 2.40. The molecule has 0 atom stereocenters. The minimum Gasteiger partial charge on any atom is -0.465 e. The van der Waals surface area contributed by atoms with E-state index in [2.05, 4.69) is 10.1 Å². The molecule has 0 aliphatic rings. The van der Waals surface area contributed by atoms with Gasteiger partial charge in [0.1, 0.15) is 30.0 Å². The molecule has 1 N–H and O–H groups in total. The van der Waals surface area contributed by atoms with E-state index in [0.29, 0.717) is 0 Å². The molecule has 0 aromatic heterocycles. The predicted molar refractivity (Wildman–Crippen MR) is 70.0 cm³/mol. The summed E-state index contributed by atoms with van der Waals surface area (Å²) in [6.07, 6.45) is 0. The van der Waals surface area contributed by atoms with Crippen molar-refractivity contribution in [1.82, 2.24) is 0 Å². The van der Waals surface area contributed by atoms with Crippen LogP contribution < -0.4 is 5.32 Å². The normalized spacial score (nSPS) is 8.24. The first-order valence-electron chi connectivity index (χ1n) is 5.45. The number of rotatable bonds is 3. The van der Waals surface area contributed by atoms with Crippen LogP contribution in [-0.2, 0) is 4.74 Å². The number of nitrogens with zero attached hydrogens (tertiary/aromatic N) is 4. The number of esters is 1. The van der Waals surface area contributed by atoms with Crippen molar-refractivity contribution in [2.45, 2.75) is 0 Å². The topological polar surface area (TPSA) is 133 Å². The highest BCUT2D eigenvalue weighted by Crippen LogP contribution is 2.18. The van der Waals surface area contributed by atoms with Crippen LogP contribution in [0.25, 0.3) is 0 Å². The van der Waals surface area contributed by atoms with Crippen LogP contribution in [0.3, 0.4) is 0 Å². The standard InChI is InChI=1S/C14H7N5O2/c1-21-14(20)12-4-11(3-2-9(12)5-15)19-13(8-18)10(6-16)7-17/h2-4,19H,1H3. The largest absolute Gasteiger partial charge is 0.465 e. The SMILES string of the molecule is COC(=O)c1cc(NC(C#N)=C(C#N)C#N)ccc1C#N. The average molecular weight is 277 g/mol. The zero-order valence-corrected chi connectivity index (χ0v) is 10.8. The van der Waals surface area contributed by atoms with Gasteiger partial charge in [0.05, 0.1) is 18.2 Å². The molecule has 0 aliphatic heterocycles. The Morgan fingerprint density at radius 3 is 2.29 bits per heavy atom. The Bertz CT molecular complexity index is 766. The monoisotopic (exact) mass is 277 g/mol. The van der Waals surface area contributed by atoms with E-state index in [4.69, 9.17) is 21.0 Å². The number of nitrogens with one attached hydrogen (secondary N) is 1. The lowest BCUT2D eigenvalue weighted by molar-refractivity contribution is 0.0600. The molecule has 0 bridgehead atoms. The van der Waals surface area contributed by atoms with Crippen molar-refractivity contribution in [3.63, 3.8) is 0 Å². The summed E-state index contributed by atoms with van der Waals surface area (Å²) in [6.45, 7) is 0. The van der Waals surface area contributed by atoms with E-state index >= 15 is 0 Å². The predicted octanol–water partition coefficient (Wildman–Crippen LogP) is 1.58.